The summed E-state index contributed by atoms with van der Waals surface area (Å²) >= 11 is 7.70. The second-order valence-electron chi connectivity index (χ2n) is 4.42. The third-order valence-corrected chi connectivity index (χ3v) is 4.05. The quantitative estimate of drug-likeness (QED) is 0.771. The molecule has 0 spiro atoms. The molecule has 2 aromatic rings. The fourth-order valence-corrected chi connectivity index (χ4v) is 2.23. The Morgan fingerprint density at radius 2 is 1.84 bits per heavy atom. The van der Waals surface area contributed by atoms with Crippen molar-refractivity contribution < 1.29 is 4.79 Å². The minimum absolute atomic E-state index is 0.116. The summed E-state index contributed by atoms with van der Waals surface area (Å²) in [6, 6.07) is 11.3. The molecule has 4 heteroatoms. The molecule has 0 aliphatic carbocycles. The Hall–Kier alpha value is -1.26. The van der Waals surface area contributed by atoms with E-state index in [1.165, 1.54) is 0 Å². The van der Waals surface area contributed by atoms with E-state index < -0.39 is 0 Å². The monoisotopic (exact) mass is 335 g/mol. The first-order chi connectivity index (χ1) is 8.97. The summed E-state index contributed by atoms with van der Waals surface area (Å²) in [6.45, 7) is 3.90. The predicted molar refractivity (Wildman–Crippen MR) is 85.3 cm³/mol. The van der Waals surface area contributed by atoms with E-state index in [-0.39, 0.29) is 5.91 Å². The highest BCUT2D eigenvalue weighted by molar-refractivity contribution is 9.10. The first-order valence-corrected chi connectivity index (χ1v) is 7.08. The Kier molecular flexibility index (Phi) is 4.32. The van der Waals surface area contributed by atoms with E-state index in [0.717, 1.165) is 26.2 Å². The highest BCUT2D eigenvalue weighted by atomic mass is 79.9. The maximum atomic E-state index is 12.2. The molecule has 0 radical (unpaired) electrons. The van der Waals surface area contributed by atoms with Gasteiger partial charge in [0.05, 0.1) is 0 Å². The molecule has 0 heterocycles. The molecule has 1 amide bonds. The van der Waals surface area contributed by atoms with Crippen LogP contribution in [0.3, 0.4) is 0 Å². The lowest BCUT2D eigenvalue weighted by atomic mass is 10.1. The minimum Gasteiger partial charge on any atom is -0.322 e. The molecule has 0 saturated carbocycles. The number of rotatable bonds is 2. The van der Waals surface area contributed by atoms with Gasteiger partial charge in [-0.3, -0.25) is 4.79 Å². The fraction of sp³-hybridized carbons (Fsp3) is 0.133. The van der Waals surface area contributed by atoms with Crippen molar-refractivity contribution in [1.29, 1.82) is 0 Å². The average Bonchev–Trinajstić information content (AvgIpc) is 2.36. The van der Waals surface area contributed by atoms with Crippen LogP contribution in [-0.4, -0.2) is 5.91 Å². The molecular formula is C15H14BrNOS. The second kappa shape index (κ2) is 5.80. The third-order valence-electron chi connectivity index (χ3n) is 2.88. The number of hydrogen-bond donors (Lipinski definition) is 2. The Balaban J connectivity index is 2.25. The van der Waals surface area contributed by atoms with E-state index >= 15 is 0 Å². The Morgan fingerprint density at radius 3 is 2.53 bits per heavy atom. The van der Waals surface area contributed by atoms with Crippen LogP contribution >= 0.6 is 28.6 Å². The largest absolute Gasteiger partial charge is 0.322 e. The van der Waals surface area contributed by atoms with Crippen LogP contribution in [0.15, 0.2) is 45.8 Å². The molecule has 0 aromatic heterocycles. The van der Waals surface area contributed by atoms with E-state index in [9.17, 15) is 4.79 Å². The summed E-state index contributed by atoms with van der Waals surface area (Å²) in [5.74, 6) is -0.116. The summed E-state index contributed by atoms with van der Waals surface area (Å²) in [5.41, 5.74) is 3.45. The van der Waals surface area contributed by atoms with Crippen LogP contribution in [0.1, 0.15) is 21.5 Å². The summed E-state index contributed by atoms with van der Waals surface area (Å²) in [7, 11) is 0. The molecule has 19 heavy (non-hydrogen) atoms. The molecule has 98 valence electrons. The standard InChI is InChI=1S/C15H14BrNOS/c1-9-3-5-12(19)8-13(9)15(18)17-11-4-6-14(16)10(2)7-11/h3-8,19H,1-2H3,(H,17,18). The van der Waals surface area contributed by atoms with Gasteiger partial charge < -0.3 is 5.32 Å². The number of hydrogen-bond acceptors (Lipinski definition) is 2. The summed E-state index contributed by atoms with van der Waals surface area (Å²) in [4.78, 5) is 13.0. The number of thiol groups is 1. The van der Waals surface area contributed by atoms with Crippen LogP contribution in [-0.2, 0) is 0 Å². The summed E-state index contributed by atoms with van der Waals surface area (Å²) < 4.78 is 1.03. The van der Waals surface area contributed by atoms with Crippen LogP contribution in [0.25, 0.3) is 0 Å². The molecule has 0 saturated heterocycles. The maximum absolute atomic E-state index is 12.2. The zero-order chi connectivity index (χ0) is 14.0. The van der Waals surface area contributed by atoms with E-state index in [2.05, 4.69) is 33.9 Å². The van der Waals surface area contributed by atoms with Crippen LogP contribution in [0, 0.1) is 13.8 Å². The van der Waals surface area contributed by atoms with Gasteiger partial charge >= 0.3 is 0 Å². The number of benzene rings is 2. The normalized spacial score (nSPS) is 10.3. The van der Waals surface area contributed by atoms with E-state index in [0.29, 0.717) is 5.56 Å². The summed E-state index contributed by atoms with van der Waals surface area (Å²) in [5, 5.41) is 2.90. The lowest BCUT2D eigenvalue weighted by Gasteiger charge is -2.09. The average molecular weight is 336 g/mol. The molecule has 0 aliphatic rings. The second-order valence-corrected chi connectivity index (χ2v) is 5.79. The van der Waals surface area contributed by atoms with Crippen molar-refractivity contribution in [2.24, 2.45) is 0 Å². The lowest BCUT2D eigenvalue weighted by molar-refractivity contribution is 0.102. The van der Waals surface area contributed by atoms with Crippen molar-refractivity contribution in [3.63, 3.8) is 0 Å². The Labute approximate surface area is 126 Å². The molecule has 0 fully saturated rings. The fourth-order valence-electron chi connectivity index (χ4n) is 1.78. The van der Waals surface area contributed by atoms with Gasteiger partial charge in [0.2, 0.25) is 0 Å². The molecule has 0 aliphatic heterocycles. The molecule has 0 bridgehead atoms. The topological polar surface area (TPSA) is 29.1 Å². The number of nitrogens with one attached hydrogen (secondary N) is 1. The number of aryl methyl sites for hydroxylation is 2. The minimum atomic E-state index is -0.116. The van der Waals surface area contributed by atoms with Crippen LogP contribution in [0.4, 0.5) is 5.69 Å². The number of amides is 1. The summed E-state index contributed by atoms with van der Waals surface area (Å²) in [6.07, 6.45) is 0. The number of carbonyl (C=O) groups excluding carboxylic acids is 1. The van der Waals surface area contributed by atoms with Gasteiger partial charge in [0.25, 0.3) is 5.91 Å². The van der Waals surface area contributed by atoms with Gasteiger partial charge in [-0.05, 0) is 55.3 Å². The van der Waals surface area contributed by atoms with Crippen molar-refractivity contribution in [3.05, 3.63) is 57.6 Å². The smallest absolute Gasteiger partial charge is 0.255 e. The van der Waals surface area contributed by atoms with E-state index in [1.807, 2.05) is 44.2 Å². The van der Waals surface area contributed by atoms with Crippen molar-refractivity contribution in [3.8, 4) is 0 Å². The van der Waals surface area contributed by atoms with Gasteiger partial charge in [0, 0.05) is 20.6 Å². The van der Waals surface area contributed by atoms with E-state index in [4.69, 9.17) is 0 Å². The predicted octanol–water partition coefficient (Wildman–Crippen LogP) is 4.61. The zero-order valence-corrected chi connectivity index (χ0v) is 13.2. The molecule has 2 aromatic carbocycles. The molecule has 2 nitrogen and oxygen atoms in total. The van der Waals surface area contributed by atoms with Gasteiger partial charge in [-0.15, -0.1) is 12.6 Å². The van der Waals surface area contributed by atoms with Gasteiger partial charge in [-0.25, -0.2) is 0 Å². The highest BCUT2D eigenvalue weighted by Crippen LogP contribution is 2.21. The van der Waals surface area contributed by atoms with Crippen LogP contribution in [0.5, 0.6) is 0 Å². The van der Waals surface area contributed by atoms with Gasteiger partial charge in [-0.1, -0.05) is 22.0 Å². The third kappa shape index (κ3) is 3.39. The number of anilines is 1. The number of carbonyl (C=O) groups is 1. The molecule has 0 unspecified atom stereocenters. The zero-order valence-electron chi connectivity index (χ0n) is 10.7. The number of halogens is 1. The molecular weight excluding hydrogens is 322 g/mol. The first-order valence-electron chi connectivity index (χ1n) is 5.84. The lowest BCUT2D eigenvalue weighted by Crippen LogP contribution is -2.13. The molecule has 2 rings (SSSR count). The van der Waals surface area contributed by atoms with Gasteiger partial charge in [-0.2, -0.15) is 0 Å². The van der Waals surface area contributed by atoms with Crippen molar-refractivity contribution in [2.45, 2.75) is 18.7 Å². The maximum Gasteiger partial charge on any atom is 0.255 e. The van der Waals surface area contributed by atoms with E-state index in [1.54, 1.807) is 6.07 Å². The first kappa shape index (κ1) is 14.2. The van der Waals surface area contributed by atoms with Gasteiger partial charge in [0.1, 0.15) is 0 Å². The van der Waals surface area contributed by atoms with Crippen molar-refractivity contribution in [1.82, 2.24) is 0 Å². The van der Waals surface area contributed by atoms with Crippen molar-refractivity contribution >= 4 is 40.2 Å². The van der Waals surface area contributed by atoms with Gasteiger partial charge in [0.15, 0.2) is 0 Å². The van der Waals surface area contributed by atoms with Crippen molar-refractivity contribution in [2.75, 3.05) is 5.32 Å². The SMILES string of the molecule is Cc1cc(NC(=O)c2cc(S)ccc2C)ccc1Br. The molecule has 0 atom stereocenters. The Bertz CT molecular complexity index is 640. The van der Waals surface area contributed by atoms with Crippen LogP contribution < -0.4 is 5.32 Å². The van der Waals surface area contributed by atoms with Crippen LogP contribution in [0.2, 0.25) is 0 Å². The highest BCUT2D eigenvalue weighted by Gasteiger charge is 2.10. The molecule has 1 N–H and O–H groups in total. The Morgan fingerprint density at radius 1 is 1.11 bits per heavy atom.